The summed E-state index contributed by atoms with van der Waals surface area (Å²) in [6.07, 6.45) is 3.77. The van der Waals surface area contributed by atoms with Crippen LogP contribution in [0.2, 0.25) is 0 Å². The van der Waals surface area contributed by atoms with Crippen LogP contribution in [-0.4, -0.2) is 47.6 Å². The SMILES string of the molecule is CCC.CCCON(C(=O)CCCc1nc(C(=O)OC)cs1)C(=O)C(N)C(C)CC. The second-order valence-electron chi connectivity index (χ2n) is 6.95. The Bertz CT molecular complexity index is 650. The number of hydroxylamine groups is 2. The van der Waals surface area contributed by atoms with Crippen LogP contribution in [0.1, 0.15) is 82.2 Å². The number of rotatable bonds is 11. The van der Waals surface area contributed by atoms with Crippen molar-refractivity contribution in [2.75, 3.05) is 13.7 Å². The van der Waals surface area contributed by atoms with E-state index in [1.165, 1.54) is 24.9 Å². The minimum absolute atomic E-state index is 0.0508. The van der Waals surface area contributed by atoms with E-state index >= 15 is 0 Å². The highest BCUT2D eigenvalue weighted by Gasteiger charge is 2.30. The van der Waals surface area contributed by atoms with Gasteiger partial charge >= 0.3 is 5.97 Å². The molecule has 2 N–H and O–H groups in total. The molecule has 0 bridgehead atoms. The lowest BCUT2D eigenvalue weighted by Crippen LogP contribution is -2.49. The smallest absolute Gasteiger partial charge is 0.357 e. The zero-order chi connectivity index (χ0) is 23.1. The van der Waals surface area contributed by atoms with Crippen LogP contribution in [0.15, 0.2) is 5.38 Å². The van der Waals surface area contributed by atoms with Gasteiger partial charge in [-0.1, -0.05) is 47.5 Å². The van der Waals surface area contributed by atoms with Crippen molar-refractivity contribution in [3.63, 3.8) is 0 Å². The third-order valence-electron chi connectivity index (χ3n) is 4.12. The van der Waals surface area contributed by atoms with Gasteiger partial charge in [-0.2, -0.15) is 5.06 Å². The molecule has 2 unspecified atom stereocenters. The van der Waals surface area contributed by atoms with Gasteiger partial charge in [0.05, 0.1) is 24.8 Å². The number of hydrogen-bond donors (Lipinski definition) is 1. The van der Waals surface area contributed by atoms with Crippen LogP contribution in [0.4, 0.5) is 0 Å². The maximum absolute atomic E-state index is 12.5. The Morgan fingerprint density at radius 3 is 2.40 bits per heavy atom. The molecule has 1 aromatic rings. The van der Waals surface area contributed by atoms with Gasteiger partial charge in [-0.25, -0.2) is 9.78 Å². The number of hydrogen-bond acceptors (Lipinski definition) is 8. The summed E-state index contributed by atoms with van der Waals surface area (Å²) in [7, 11) is 1.30. The number of thiazole rings is 1. The monoisotopic (exact) mass is 443 g/mol. The Morgan fingerprint density at radius 1 is 1.23 bits per heavy atom. The zero-order valence-corrected chi connectivity index (χ0v) is 19.9. The molecule has 30 heavy (non-hydrogen) atoms. The van der Waals surface area contributed by atoms with Crippen LogP contribution in [0.5, 0.6) is 0 Å². The molecule has 0 radical (unpaired) electrons. The van der Waals surface area contributed by atoms with E-state index in [1.807, 2.05) is 20.8 Å². The lowest BCUT2D eigenvalue weighted by Gasteiger charge is -2.25. The first-order valence-electron chi connectivity index (χ1n) is 10.5. The van der Waals surface area contributed by atoms with Crippen molar-refractivity contribution < 1.29 is 24.0 Å². The molecule has 0 aliphatic rings. The fraction of sp³-hybridized carbons (Fsp3) is 0.714. The Balaban J connectivity index is 0.00000263. The lowest BCUT2D eigenvalue weighted by atomic mass is 9.99. The van der Waals surface area contributed by atoms with Crippen LogP contribution < -0.4 is 5.73 Å². The molecule has 9 heteroatoms. The summed E-state index contributed by atoms with van der Waals surface area (Å²) in [5.41, 5.74) is 6.23. The van der Waals surface area contributed by atoms with Crippen molar-refractivity contribution >= 4 is 29.1 Å². The minimum Gasteiger partial charge on any atom is -0.464 e. The van der Waals surface area contributed by atoms with Gasteiger partial charge in [0.2, 0.25) is 0 Å². The highest BCUT2D eigenvalue weighted by molar-refractivity contribution is 7.09. The second kappa shape index (κ2) is 15.9. The Morgan fingerprint density at radius 2 is 1.87 bits per heavy atom. The normalized spacial score (nSPS) is 12.4. The molecule has 0 aliphatic carbocycles. The summed E-state index contributed by atoms with van der Waals surface area (Å²) in [6, 6.07) is -0.780. The number of esters is 1. The van der Waals surface area contributed by atoms with Crippen LogP contribution in [-0.2, 0) is 25.6 Å². The van der Waals surface area contributed by atoms with E-state index < -0.39 is 23.8 Å². The molecule has 0 saturated carbocycles. The number of amides is 2. The van der Waals surface area contributed by atoms with Crippen LogP contribution in [0.3, 0.4) is 0 Å². The molecule has 2 atom stereocenters. The Hall–Kier alpha value is -1.84. The Kier molecular flexibility index (Phi) is 15.0. The largest absolute Gasteiger partial charge is 0.464 e. The predicted octanol–water partition coefficient (Wildman–Crippen LogP) is 3.74. The van der Waals surface area contributed by atoms with Crippen LogP contribution in [0, 0.1) is 5.92 Å². The number of ether oxygens (including phenoxy) is 1. The first kappa shape index (κ1) is 28.2. The average Bonchev–Trinajstić information content (AvgIpc) is 3.21. The minimum atomic E-state index is -0.780. The molecule has 0 aliphatic heterocycles. The molecule has 1 aromatic heterocycles. The molecular formula is C21H37N3O5S. The molecule has 1 heterocycles. The van der Waals surface area contributed by atoms with Crippen molar-refractivity contribution in [3.05, 3.63) is 16.1 Å². The Labute approximate surface area is 184 Å². The van der Waals surface area contributed by atoms with Gasteiger partial charge in [0.15, 0.2) is 5.69 Å². The maximum Gasteiger partial charge on any atom is 0.357 e. The van der Waals surface area contributed by atoms with Crippen molar-refractivity contribution in [3.8, 4) is 0 Å². The van der Waals surface area contributed by atoms with Gasteiger partial charge in [0, 0.05) is 11.8 Å². The summed E-state index contributed by atoms with van der Waals surface area (Å²) in [5, 5.41) is 3.17. The summed E-state index contributed by atoms with van der Waals surface area (Å²) in [5.74, 6) is -1.47. The molecule has 0 saturated heterocycles. The first-order valence-corrected chi connectivity index (χ1v) is 11.4. The number of carbonyl (C=O) groups is 3. The topological polar surface area (TPSA) is 112 Å². The highest BCUT2D eigenvalue weighted by Crippen LogP contribution is 2.15. The van der Waals surface area contributed by atoms with E-state index in [0.29, 0.717) is 19.3 Å². The van der Waals surface area contributed by atoms with Crippen molar-refractivity contribution in [1.29, 1.82) is 0 Å². The molecule has 1 rings (SSSR count). The molecular weight excluding hydrogens is 406 g/mol. The van der Waals surface area contributed by atoms with E-state index in [4.69, 9.17) is 10.6 Å². The van der Waals surface area contributed by atoms with Gasteiger partial charge in [0.25, 0.3) is 11.8 Å². The highest BCUT2D eigenvalue weighted by atomic mass is 32.1. The van der Waals surface area contributed by atoms with Crippen molar-refractivity contribution in [2.24, 2.45) is 11.7 Å². The van der Waals surface area contributed by atoms with Gasteiger partial charge in [0.1, 0.15) is 0 Å². The fourth-order valence-electron chi connectivity index (χ4n) is 2.19. The fourth-order valence-corrected chi connectivity index (χ4v) is 3.00. The predicted molar refractivity (Wildman–Crippen MR) is 118 cm³/mol. The number of aryl methyl sites for hydroxylation is 1. The van der Waals surface area contributed by atoms with E-state index in [0.717, 1.165) is 16.5 Å². The lowest BCUT2D eigenvalue weighted by molar-refractivity contribution is -0.197. The van der Waals surface area contributed by atoms with Crippen molar-refractivity contribution in [2.45, 2.75) is 79.2 Å². The number of aromatic nitrogens is 1. The summed E-state index contributed by atoms with van der Waals surface area (Å²) >= 11 is 1.33. The number of carbonyl (C=O) groups excluding carboxylic acids is 3. The average molecular weight is 444 g/mol. The van der Waals surface area contributed by atoms with E-state index in [1.54, 1.807) is 5.38 Å². The number of methoxy groups -OCH3 is 1. The van der Waals surface area contributed by atoms with Crippen LogP contribution in [0.25, 0.3) is 0 Å². The molecule has 0 fully saturated rings. The molecule has 0 aromatic carbocycles. The van der Waals surface area contributed by atoms with E-state index in [-0.39, 0.29) is 24.6 Å². The van der Waals surface area contributed by atoms with Gasteiger partial charge < -0.3 is 10.5 Å². The first-order chi connectivity index (χ1) is 14.3. The number of nitrogens with two attached hydrogens (primary N) is 1. The molecule has 8 nitrogen and oxygen atoms in total. The quantitative estimate of drug-likeness (QED) is 0.409. The van der Waals surface area contributed by atoms with Gasteiger partial charge in [-0.3, -0.25) is 14.4 Å². The van der Waals surface area contributed by atoms with Gasteiger partial charge in [-0.15, -0.1) is 11.3 Å². The van der Waals surface area contributed by atoms with Gasteiger partial charge in [-0.05, 0) is 25.2 Å². The number of nitrogens with zero attached hydrogens (tertiary/aromatic N) is 2. The third-order valence-corrected chi connectivity index (χ3v) is 5.03. The standard InChI is InChI=1S/C18H29N3O5S.C3H8/c1-5-10-26-21(17(23)16(19)12(3)6-2)15(22)9-7-8-14-20-13(11-27-14)18(24)25-4;1-3-2/h11-12,16H,5-10,19H2,1-4H3;3H2,1-2H3. The number of imide groups is 1. The van der Waals surface area contributed by atoms with E-state index in [9.17, 15) is 14.4 Å². The zero-order valence-electron chi connectivity index (χ0n) is 19.1. The molecule has 0 spiro atoms. The van der Waals surface area contributed by atoms with Crippen LogP contribution >= 0.6 is 11.3 Å². The molecule has 172 valence electrons. The second-order valence-corrected chi connectivity index (χ2v) is 7.89. The summed E-state index contributed by atoms with van der Waals surface area (Å²) in [6.45, 7) is 10.2. The van der Waals surface area contributed by atoms with E-state index in [2.05, 4.69) is 23.6 Å². The molecule has 2 amide bonds. The maximum atomic E-state index is 12.5. The summed E-state index contributed by atoms with van der Waals surface area (Å²) in [4.78, 5) is 46.0. The van der Waals surface area contributed by atoms with Crippen molar-refractivity contribution in [1.82, 2.24) is 10.0 Å². The third kappa shape index (κ3) is 9.77. The summed E-state index contributed by atoms with van der Waals surface area (Å²) < 4.78 is 4.62.